The molecule has 0 unspecified atom stereocenters. The van der Waals surface area contributed by atoms with Crippen LogP contribution in [0.5, 0.6) is 5.75 Å². The maximum absolute atomic E-state index is 11.6. The van der Waals surface area contributed by atoms with E-state index < -0.39 is 0 Å². The highest BCUT2D eigenvalue weighted by atomic mass is 32.1. The summed E-state index contributed by atoms with van der Waals surface area (Å²) in [4.78, 5) is 17.2. The lowest BCUT2D eigenvalue weighted by molar-refractivity contribution is 0.101. The van der Waals surface area contributed by atoms with E-state index >= 15 is 0 Å². The molecule has 0 saturated carbocycles. The van der Waals surface area contributed by atoms with Gasteiger partial charge in [-0.2, -0.15) is 0 Å². The van der Waals surface area contributed by atoms with E-state index in [9.17, 15) is 4.79 Å². The Labute approximate surface area is 117 Å². The van der Waals surface area contributed by atoms with Crippen LogP contribution >= 0.6 is 11.3 Å². The molecule has 0 aliphatic carbocycles. The first-order valence-electron chi connectivity index (χ1n) is 6.14. The first-order chi connectivity index (χ1) is 8.97. The molecule has 0 bridgehead atoms. The molecule has 0 aliphatic heterocycles. The van der Waals surface area contributed by atoms with Gasteiger partial charge in [-0.05, 0) is 45.4 Å². The summed E-state index contributed by atoms with van der Waals surface area (Å²) in [6.45, 7) is 7.97. The Hall–Kier alpha value is -1.68. The van der Waals surface area contributed by atoms with E-state index in [4.69, 9.17) is 4.74 Å². The van der Waals surface area contributed by atoms with Gasteiger partial charge in [-0.25, -0.2) is 4.98 Å². The van der Waals surface area contributed by atoms with Crippen LogP contribution in [0.25, 0.3) is 0 Å². The molecule has 3 nitrogen and oxygen atoms in total. The molecule has 0 N–H and O–H groups in total. The summed E-state index contributed by atoms with van der Waals surface area (Å²) in [6.07, 6.45) is 0. The molecule has 0 saturated heterocycles. The number of benzene rings is 1. The van der Waals surface area contributed by atoms with Crippen molar-refractivity contribution in [3.63, 3.8) is 0 Å². The van der Waals surface area contributed by atoms with Crippen molar-refractivity contribution < 1.29 is 9.53 Å². The van der Waals surface area contributed by atoms with E-state index in [1.165, 1.54) is 4.88 Å². The van der Waals surface area contributed by atoms with Crippen LogP contribution in [0, 0.1) is 20.8 Å². The van der Waals surface area contributed by atoms with Crippen molar-refractivity contribution in [2.75, 3.05) is 0 Å². The fourth-order valence-electron chi connectivity index (χ4n) is 1.78. The zero-order valence-corrected chi connectivity index (χ0v) is 12.4. The fourth-order valence-corrected chi connectivity index (χ4v) is 2.63. The number of aryl methyl sites for hydroxylation is 3. The third kappa shape index (κ3) is 3.20. The first-order valence-corrected chi connectivity index (χ1v) is 6.96. The van der Waals surface area contributed by atoms with Crippen molar-refractivity contribution >= 4 is 17.1 Å². The monoisotopic (exact) mass is 275 g/mol. The predicted octanol–water partition coefficient (Wildman–Crippen LogP) is 3.85. The van der Waals surface area contributed by atoms with Gasteiger partial charge < -0.3 is 4.74 Å². The number of ketones is 1. The molecule has 0 spiro atoms. The van der Waals surface area contributed by atoms with Gasteiger partial charge in [0.05, 0.1) is 11.3 Å². The number of hydrogen-bond donors (Lipinski definition) is 0. The molecule has 1 aromatic carbocycles. The quantitative estimate of drug-likeness (QED) is 0.796. The maximum Gasteiger partial charge on any atom is 0.163 e. The second-order valence-corrected chi connectivity index (χ2v) is 5.88. The first kappa shape index (κ1) is 13.7. The Balaban J connectivity index is 2.19. The van der Waals surface area contributed by atoms with E-state index in [-0.39, 0.29) is 5.78 Å². The molecule has 2 aromatic rings. The average molecular weight is 275 g/mol. The van der Waals surface area contributed by atoms with Crippen LogP contribution in [0.4, 0.5) is 0 Å². The van der Waals surface area contributed by atoms with Gasteiger partial charge in [0.1, 0.15) is 17.4 Å². The van der Waals surface area contributed by atoms with Gasteiger partial charge in [-0.1, -0.05) is 6.07 Å². The van der Waals surface area contributed by atoms with Gasteiger partial charge in [0, 0.05) is 4.88 Å². The Morgan fingerprint density at radius 1 is 1.32 bits per heavy atom. The number of nitrogens with zero attached hydrogens (tertiary/aromatic N) is 1. The highest BCUT2D eigenvalue weighted by Crippen LogP contribution is 2.23. The zero-order valence-electron chi connectivity index (χ0n) is 11.6. The molecule has 4 heteroatoms. The molecule has 0 amide bonds. The van der Waals surface area contributed by atoms with Crippen molar-refractivity contribution in [2.45, 2.75) is 34.3 Å². The van der Waals surface area contributed by atoms with Crippen LogP contribution in [-0.4, -0.2) is 10.8 Å². The SMILES string of the molecule is CC(=O)c1ccc(C)cc1OCc1nc(C)c(C)s1. The summed E-state index contributed by atoms with van der Waals surface area (Å²) < 4.78 is 5.76. The Bertz CT molecular complexity index is 597. The number of rotatable bonds is 4. The number of aromatic nitrogens is 1. The Morgan fingerprint density at radius 3 is 2.63 bits per heavy atom. The van der Waals surface area contributed by atoms with Crippen LogP contribution < -0.4 is 4.74 Å². The van der Waals surface area contributed by atoms with Crippen LogP contribution in [0.1, 0.15) is 38.4 Å². The lowest BCUT2D eigenvalue weighted by Crippen LogP contribution is -2.02. The maximum atomic E-state index is 11.6. The third-order valence-electron chi connectivity index (χ3n) is 2.94. The van der Waals surface area contributed by atoms with Gasteiger partial charge in [0.25, 0.3) is 0 Å². The normalized spacial score (nSPS) is 10.5. The van der Waals surface area contributed by atoms with E-state index in [2.05, 4.69) is 4.98 Å². The Kier molecular flexibility index (Phi) is 4.00. The van der Waals surface area contributed by atoms with Crippen molar-refractivity contribution in [1.29, 1.82) is 0 Å². The van der Waals surface area contributed by atoms with Gasteiger partial charge in [0.2, 0.25) is 0 Å². The topological polar surface area (TPSA) is 39.2 Å². The zero-order chi connectivity index (χ0) is 14.0. The number of ether oxygens (including phenoxy) is 1. The van der Waals surface area contributed by atoms with Crippen LogP contribution in [0.2, 0.25) is 0 Å². The smallest absolute Gasteiger partial charge is 0.163 e. The third-order valence-corrected chi connectivity index (χ3v) is 3.99. The van der Waals surface area contributed by atoms with Crippen molar-refractivity contribution in [2.24, 2.45) is 0 Å². The second-order valence-electron chi connectivity index (χ2n) is 4.59. The van der Waals surface area contributed by atoms with Gasteiger partial charge >= 0.3 is 0 Å². The van der Waals surface area contributed by atoms with Crippen LogP contribution in [0.15, 0.2) is 18.2 Å². The molecule has 0 atom stereocenters. The number of Topliss-reactive ketones (excluding diaryl/α,β-unsaturated/α-hetero) is 1. The van der Waals surface area contributed by atoms with E-state index in [1.807, 2.05) is 39.0 Å². The average Bonchev–Trinajstić information content (AvgIpc) is 2.66. The summed E-state index contributed by atoms with van der Waals surface area (Å²) >= 11 is 1.63. The highest BCUT2D eigenvalue weighted by molar-refractivity contribution is 7.11. The number of carbonyl (C=O) groups is 1. The molecular weight excluding hydrogens is 258 g/mol. The summed E-state index contributed by atoms with van der Waals surface area (Å²) in [5, 5.41) is 0.936. The number of hydrogen-bond acceptors (Lipinski definition) is 4. The van der Waals surface area contributed by atoms with E-state index in [1.54, 1.807) is 18.3 Å². The standard InChI is InChI=1S/C15H17NO2S/c1-9-5-6-13(11(3)17)14(7-9)18-8-15-16-10(2)12(4)19-15/h5-7H,8H2,1-4H3. The van der Waals surface area contributed by atoms with Crippen LogP contribution in [0.3, 0.4) is 0 Å². The molecular formula is C15H17NO2S. The predicted molar refractivity (Wildman–Crippen MR) is 77.1 cm³/mol. The molecule has 0 aliphatic rings. The summed E-state index contributed by atoms with van der Waals surface area (Å²) in [5.41, 5.74) is 2.74. The lowest BCUT2D eigenvalue weighted by atomic mass is 10.1. The molecule has 0 radical (unpaired) electrons. The summed E-state index contributed by atoms with van der Waals surface area (Å²) in [5.74, 6) is 0.652. The molecule has 19 heavy (non-hydrogen) atoms. The molecule has 0 fully saturated rings. The van der Waals surface area contributed by atoms with Crippen molar-refractivity contribution in [3.8, 4) is 5.75 Å². The molecule has 1 heterocycles. The minimum Gasteiger partial charge on any atom is -0.486 e. The Morgan fingerprint density at radius 2 is 2.05 bits per heavy atom. The molecule has 2 rings (SSSR count). The summed E-state index contributed by atoms with van der Waals surface area (Å²) in [6, 6.07) is 5.62. The fraction of sp³-hybridized carbons (Fsp3) is 0.333. The van der Waals surface area contributed by atoms with Gasteiger partial charge in [-0.15, -0.1) is 11.3 Å². The van der Waals surface area contributed by atoms with Gasteiger partial charge in [-0.3, -0.25) is 4.79 Å². The van der Waals surface area contributed by atoms with Crippen molar-refractivity contribution in [3.05, 3.63) is 44.9 Å². The largest absolute Gasteiger partial charge is 0.486 e. The molecule has 100 valence electrons. The molecule has 1 aromatic heterocycles. The minimum absolute atomic E-state index is 0.0153. The van der Waals surface area contributed by atoms with Gasteiger partial charge in [0.15, 0.2) is 5.78 Å². The number of thiazole rings is 1. The van der Waals surface area contributed by atoms with Crippen molar-refractivity contribution in [1.82, 2.24) is 4.98 Å². The van der Waals surface area contributed by atoms with E-state index in [0.717, 1.165) is 16.3 Å². The highest BCUT2D eigenvalue weighted by Gasteiger charge is 2.10. The lowest BCUT2D eigenvalue weighted by Gasteiger charge is -2.09. The van der Waals surface area contributed by atoms with E-state index in [0.29, 0.717) is 17.9 Å². The number of carbonyl (C=O) groups excluding carboxylic acids is 1. The second kappa shape index (κ2) is 5.53. The minimum atomic E-state index is 0.0153. The summed E-state index contributed by atoms with van der Waals surface area (Å²) in [7, 11) is 0. The van der Waals surface area contributed by atoms with Crippen LogP contribution in [-0.2, 0) is 6.61 Å².